The second-order valence-electron chi connectivity index (χ2n) is 5.38. The maximum Gasteiger partial charge on any atom is 0.127 e. The van der Waals surface area contributed by atoms with E-state index in [2.05, 4.69) is 32.0 Å². The molecule has 0 spiro atoms. The summed E-state index contributed by atoms with van der Waals surface area (Å²) in [6, 6.07) is 12.1. The van der Waals surface area contributed by atoms with E-state index < -0.39 is 0 Å². The number of nitrogens with two attached hydrogens (primary N) is 1. The van der Waals surface area contributed by atoms with E-state index in [4.69, 9.17) is 15.2 Å². The number of aryl methyl sites for hydroxylation is 2. The molecule has 0 aliphatic heterocycles. The molecule has 0 aromatic heterocycles. The van der Waals surface area contributed by atoms with Crippen molar-refractivity contribution in [1.29, 1.82) is 0 Å². The summed E-state index contributed by atoms with van der Waals surface area (Å²) in [6.07, 6.45) is 0.749. The fourth-order valence-electron chi connectivity index (χ4n) is 2.79. The molecule has 2 aromatic rings. The summed E-state index contributed by atoms with van der Waals surface area (Å²) in [7, 11) is 3.31. The highest BCUT2D eigenvalue weighted by molar-refractivity contribution is 5.47. The van der Waals surface area contributed by atoms with Gasteiger partial charge in [0.25, 0.3) is 0 Å². The van der Waals surface area contributed by atoms with Gasteiger partial charge in [0.05, 0.1) is 19.8 Å². The molecule has 3 heteroatoms. The highest BCUT2D eigenvalue weighted by Crippen LogP contribution is 2.34. The first-order chi connectivity index (χ1) is 10.0. The third-order valence-corrected chi connectivity index (χ3v) is 3.57. The van der Waals surface area contributed by atoms with Gasteiger partial charge in [-0.3, -0.25) is 0 Å². The monoisotopic (exact) mass is 285 g/mol. The Hall–Kier alpha value is -2.00. The van der Waals surface area contributed by atoms with Crippen molar-refractivity contribution in [2.24, 2.45) is 5.73 Å². The lowest BCUT2D eigenvalue weighted by Gasteiger charge is -2.19. The van der Waals surface area contributed by atoms with Crippen molar-refractivity contribution in [1.82, 2.24) is 0 Å². The number of benzene rings is 2. The van der Waals surface area contributed by atoms with Crippen molar-refractivity contribution in [2.45, 2.75) is 26.3 Å². The van der Waals surface area contributed by atoms with Crippen molar-refractivity contribution in [3.05, 3.63) is 58.7 Å². The topological polar surface area (TPSA) is 44.5 Å². The molecule has 21 heavy (non-hydrogen) atoms. The fourth-order valence-corrected chi connectivity index (χ4v) is 2.79. The summed E-state index contributed by atoms with van der Waals surface area (Å²) in [6.45, 7) is 4.21. The third kappa shape index (κ3) is 3.56. The third-order valence-electron chi connectivity index (χ3n) is 3.57. The van der Waals surface area contributed by atoms with Gasteiger partial charge < -0.3 is 15.2 Å². The van der Waals surface area contributed by atoms with Gasteiger partial charge in [-0.15, -0.1) is 0 Å². The molecule has 0 heterocycles. The standard InChI is InChI=1S/C18H23NO2/c1-12-8-13(2)10-14(9-12)11-15(19)18-16(20-3)6-5-7-17(18)21-4/h5-10,15H,11,19H2,1-4H3. The first-order valence-electron chi connectivity index (χ1n) is 7.08. The zero-order valence-electron chi connectivity index (χ0n) is 13.1. The minimum absolute atomic E-state index is 0.169. The van der Waals surface area contributed by atoms with Crippen LogP contribution in [0.25, 0.3) is 0 Å². The number of rotatable bonds is 5. The number of hydrogen-bond acceptors (Lipinski definition) is 3. The largest absolute Gasteiger partial charge is 0.496 e. The molecule has 0 amide bonds. The molecular weight excluding hydrogens is 262 g/mol. The summed E-state index contributed by atoms with van der Waals surface area (Å²) < 4.78 is 10.9. The Bertz CT molecular complexity index is 580. The van der Waals surface area contributed by atoms with Gasteiger partial charge >= 0.3 is 0 Å². The molecule has 2 rings (SSSR count). The van der Waals surface area contributed by atoms with E-state index in [1.807, 2.05) is 18.2 Å². The molecule has 2 N–H and O–H groups in total. The van der Waals surface area contributed by atoms with Gasteiger partial charge in [0.1, 0.15) is 11.5 Å². The van der Waals surface area contributed by atoms with Crippen molar-refractivity contribution >= 4 is 0 Å². The average Bonchev–Trinajstić information content (AvgIpc) is 2.45. The van der Waals surface area contributed by atoms with Crippen LogP contribution in [0.4, 0.5) is 0 Å². The fraction of sp³-hybridized carbons (Fsp3) is 0.333. The maximum atomic E-state index is 6.42. The molecule has 0 aliphatic rings. The second-order valence-corrected chi connectivity index (χ2v) is 5.38. The van der Waals surface area contributed by atoms with Gasteiger partial charge in [0, 0.05) is 6.04 Å². The van der Waals surface area contributed by atoms with Crippen LogP contribution in [0.15, 0.2) is 36.4 Å². The highest BCUT2D eigenvalue weighted by atomic mass is 16.5. The van der Waals surface area contributed by atoms with Crippen LogP contribution < -0.4 is 15.2 Å². The van der Waals surface area contributed by atoms with Crippen molar-refractivity contribution < 1.29 is 9.47 Å². The van der Waals surface area contributed by atoms with E-state index in [9.17, 15) is 0 Å². The van der Waals surface area contributed by atoms with Gasteiger partial charge in [-0.1, -0.05) is 35.4 Å². The van der Waals surface area contributed by atoms with Crippen LogP contribution in [0.3, 0.4) is 0 Å². The molecule has 0 saturated carbocycles. The molecular formula is C18H23NO2. The maximum absolute atomic E-state index is 6.42. The smallest absolute Gasteiger partial charge is 0.127 e. The SMILES string of the molecule is COc1cccc(OC)c1C(N)Cc1cc(C)cc(C)c1. The Balaban J connectivity index is 2.33. The molecule has 112 valence electrons. The summed E-state index contributed by atoms with van der Waals surface area (Å²) in [5.74, 6) is 1.54. The van der Waals surface area contributed by atoms with Crippen LogP contribution in [0.5, 0.6) is 11.5 Å². The second kappa shape index (κ2) is 6.64. The van der Waals surface area contributed by atoms with Gasteiger partial charge in [0.15, 0.2) is 0 Å². The van der Waals surface area contributed by atoms with Gasteiger partial charge in [-0.05, 0) is 38.0 Å². The number of methoxy groups -OCH3 is 2. The Morgan fingerprint density at radius 2 is 1.48 bits per heavy atom. The predicted octanol–water partition coefficient (Wildman–Crippen LogP) is 3.56. The summed E-state index contributed by atoms with van der Waals surface area (Å²) in [5, 5.41) is 0. The van der Waals surface area contributed by atoms with Crippen LogP contribution in [-0.4, -0.2) is 14.2 Å². The van der Waals surface area contributed by atoms with Crippen LogP contribution in [0, 0.1) is 13.8 Å². The van der Waals surface area contributed by atoms with Gasteiger partial charge in [0.2, 0.25) is 0 Å². The average molecular weight is 285 g/mol. The normalized spacial score (nSPS) is 12.0. The van der Waals surface area contributed by atoms with Crippen LogP contribution in [0.1, 0.15) is 28.3 Å². The molecule has 0 bridgehead atoms. The summed E-state index contributed by atoms with van der Waals surface area (Å²) in [4.78, 5) is 0. The lowest BCUT2D eigenvalue weighted by atomic mass is 9.96. The molecule has 1 unspecified atom stereocenters. The van der Waals surface area contributed by atoms with Crippen molar-refractivity contribution in [3.8, 4) is 11.5 Å². The van der Waals surface area contributed by atoms with E-state index in [-0.39, 0.29) is 6.04 Å². The Kier molecular flexibility index (Phi) is 4.86. The molecule has 3 nitrogen and oxygen atoms in total. The minimum Gasteiger partial charge on any atom is -0.496 e. The molecule has 0 fully saturated rings. The van der Waals surface area contributed by atoms with Gasteiger partial charge in [-0.25, -0.2) is 0 Å². The van der Waals surface area contributed by atoms with E-state index >= 15 is 0 Å². The van der Waals surface area contributed by atoms with Crippen LogP contribution in [-0.2, 0) is 6.42 Å². The van der Waals surface area contributed by atoms with Crippen LogP contribution in [0.2, 0.25) is 0 Å². The number of hydrogen-bond donors (Lipinski definition) is 1. The predicted molar refractivity (Wildman–Crippen MR) is 86.1 cm³/mol. The molecule has 0 radical (unpaired) electrons. The Morgan fingerprint density at radius 3 is 1.95 bits per heavy atom. The first kappa shape index (κ1) is 15.4. The zero-order chi connectivity index (χ0) is 15.4. The summed E-state index contributed by atoms with van der Waals surface area (Å²) >= 11 is 0. The van der Waals surface area contributed by atoms with Crippen molar-refractivity contribution in [2.75, 3.05) is 14.2 Å². The minimum atomic E-state index is -0.169. The van der Waals surface area contributed by atoms with E-state index in [0.717, 1.165) is 23.5 Å². The van der Waals surface area contributed by atoms with E-state index in [1.165, 1.54) is 16.7 Å². The Labute approximate surface area is 126 Å². The van der Waals surface area contributed by atoms with E-state index in [0.29, 0.717) is 0 Å². The quantitative estimate of drug-likeness (QED) is 0.913. The molecule has 0 aliphatic carbocycles. The van der Waals surface area contributed by atoms with Crippen molar-refractivity contribution in [3.63, 3.8) is 0 Å². The van der Waals surface area contributed by atoms with Crippen LogP contribution >= 0.6 is 0 Å². The molecule has 0 saturated heterocycles. The molecule has 1 atom stereocenters. The van der Waals surface area contributed by atoms with E-state index in [1.54, 1.807) is 14.2 Å². The van der Waals surface area contributed by atoms with Gasteiger partial charge in [-0.2, -0.15) is 0 Å². The number of ether oxygens (including phenoxy) is 2. The Morgan fingerprint density at radius 1 is 0.952 bits per heavy atom. The summed E-state index contributed by atoms with van der Waals surface area (Å²) in [5.41, 5.74) is 11.1. The zero-order valence-corrected chi connectivity index (χ0v) is 13.1. The first-order valence-corrected chi connectivity index (χ1v) is 7.08. The highest BCUT2D eigenvalue weighted by Gasteiger charge is 2.18. The lowest BCUT2D eigenvalue weighted by molar-refractivity contribution is 0.379. The lowest BCUT2D eigenvalue weighted by Crippen LogP contribution is -2.16. The molecule has 2 aromatic carbocycles.